The fourth-order valence-electron chi connectivity index (χ4n) is 2.13. The summed E-state index contributed by atoms with van der Waals surface area (Å²) in [7, 11) is 0. The molecule has 1 saturated carbocycles. The van der Waals surface area contributed by atoms with Crippen molar-refractivity contribution in [1.82, 2.24) is 0 Å². The highest BCUT2D eigenvalue weighted by molar-refractivity contribution is 5.64. The lowest BCUT2D eigenvalue weighted by molar-refractivity contribution is -0.108. The zero-order valence-corrected chi connectivity index (χ0v) is 8.52. The van der Waals surface area contributed by atoms with Gasteiger partial charge in [0, 0.05) is 6.42 Å². The van der Waals surface area contributed by atoms with Gasteiger partial charge >= 0.3 is 0 Å². The zero-order valence-electron chi connectivity index (χ0n) is 8.52. The summed E-state index contributed by atoms with van der Waals surface area (Å²) in [5.41, 5.74) is 0. The molecular weight excluding hydrogens is 176 g/mol. The fourth-order valence-corrected chi connectivity index (χ4v) is 2.13. The zero-order chi connectivity index (χ0) is 10.2. The van der Waals surface area contributed by atoms with Gasteiger partial charge in [0.2, 0.25) is 0 Å². The minimum atomic E-state index is 0.725. The van der Waals surface area contributed by atoms with Crippen LogP contribution in [0.1, 0.15) is 38.5 Å². The van der Waals surface area contributed by atoms with E-state index in [9.17, 15) is 9.59 Å². The fraction of sp³-hybridized carbons (Fsp3) is 0.667. The van der Waals surface area contributed by atoms with Crippen molar-refractivity contribution in [2.75, 3.05) is 0 Å². The largest absolute Gasteiger partial charge is 0.303 e. The van der Waals surface area contributed by atoms with Gasteiger partial charge < -0.3 is 4.79 Å². The number of hydrogen-bond acceptors (Lipinski definition) is 2. The summed E-state index contributed by atoms with van der Waals surface area (Å²) in [6.45, 7) is 0. The third-order valence-electron chi connectivity index (χ3n) is 2.98. The maximum Gasteiger partial charge on any atom is 0.142 e. The highest BCUT2D eigenvalue weighted by Gasteiger charge is 2.27. The van der Waals surface area contributed by atoms with E-state index in [1.807, 2.05) is 6.08 Å². The summed E-state index contributed by atoms with van der Waals surface area (Å²) in [6.07, 6.45) is 11.9. The minimum Gasteiger partial charge on any atom is -0.303 e. The van der Waals surface area contributed by atoms with Gasteiger partial charge in [0.05, 0.1) is 0 Å². The molecule has 0 radical (unpaired) electrons. The summed E-state index contributed by atoms with van der Waals surface area (Å²) in [6, 6.07) is 0. The average Bonchev–Trinajstić information content (AvgIpc) is 2.14. The van der Waals surface area contributed by atoms with Gasteiger partial charge in [-0.05, 0) is 50.0 Å². The van der Waals surface area contributed by atoms with E-state index in [4.69, 9.17) is 0 Å². The quantitative estimate of drug-likeness (QED) is 0.461. The molecule has 0 atom stereocenters. The Labute approximate surface area is 85.4 Å². The smallest absolute Gasteiger partial charge is 0.142 e. The van der Waals surface area contributed by atoms with E-state index in [0.717, 1.165) is 43.7 Å². The lowest BCUT2D eigenvalue weighted by atomic mass is 9.71. The molecule has 14 heavy (non-hydrogen) atoms. The molecule has 0 aliphatic heterocycles. The van der Waals surface area contributed by atoms with Gasteiger partial charge in [-0.2, -0.15) is 0 Å². The number of hydrogen-bond donors (Lipinski definition) is 0. The van der Waals surface area contributed by atoms with Crippen LogP contribution in [0.25, 0.3) is 0 Å². The van der Waals surface area contributed by atoms with Crippen LogP contribution in [-0.4, -0.2) is 12.6 Å². The SMILES string of the molecule is O=CC=CCCC1CC(CCC=O)C1. The van der Waals surface area contributed by atoms with Gasteiger partial charge in [0.15, 0.2) is 0 Å². The molecule has 0 N–H and O–H groups in total. The molecule has 2 heteroatoms. The molecular formula is C12H18O2. The van der Waals surface area contributed by atoms with Crippen molar-refractivity contribution in [2.45, 2.75) is 38.5 Å². The molecule has 1 rings (SSSR count). The second-order valence-corrected chi connectivity index (χ2v) is 4.09. The van der Waals surface area contributed by atoms with Crippen LogP contribution in [0.15, 0.2) is 12.2 Å². The Hall–Kier alpha value is -0.920. The van der Waals surface area contributed by atoms with E-state index in [1.54, 1.807) is 6.08 Å². The van der Waals surface area contributed by atoms with Crippen molar-refractivity contribution in [2.24, 2.45) is 11.8 Å². The van der Waals surface area contributed by atoms with Crippen molar-refractivity contribution in [3.63, 3.8) is 0 Å². The minimum absolute atomic E-state index is 0.725. The Morgan fingerprint density at radius 1 is 1.00 bits per heavy atom. The molecule has 0 unspecified atom stereocenters. The number of aldehydes is 2. The van der Waals surface area contributed by atoms with Crippen molar-refractivity contribution < 1.29 is 9.59 Å². The molecule has 1 aliphatic rings. The first kappa shape index (κ1) is 11.2. The average molecular weight is 194 g/mol. The Bertz CT molecular complexity index is 202. The van der Waals surface area contributed by atoms with Crippen LogP contribution < -0.4 is 0 Å². The summed E-state index contributed by atoms with van der Waals surface area (Å²) >= 11 is 0. The molecule has 0 aromatic carbocycles. The molecule has 2 nitrogen and oxygen atoms in total. The van der Waals surface area contributed by atoms with Crippen LogP contribution in [-0.2, 0) is 9.59 Å². The summed E-state index contributed by atoms with van der Waals surface area (Å²) in [5, 5.41) is 0. The molecule has 0 bridgehead atoms. The molecule has 0 aromatic heterocycles. The Morgan fingerprint density at radius 2 is 1.64 bits per heavy atom. The van der Waals surface area contributed by atoms with Gasteiger partial charge in [0.1, 0.15) is 12.6 Å². The van der Waals surface area contributed by atoms with E-state index < -0.39 is 0 Å². The van der Waals surface area contributed by atoms with Crippen LogP contribution in [0.4, 0.5) is 0 Å². The molecule has 0 heterocycles. The first-order valence-corrected chi connectivity index (χ1v) is 5.40. The first-order chi connectivity index (χ1) is 6.86. The third-order valence-corrected chi connectivity index (χ3v) is 2.98. The van der Waals surface area contributed by atoms with E-state index in [-0.39, 0.29) is 0 Å². The van der Waals surface area contributed by atoms with Crippen molar-refractivity contribution in [1.29, 1.82) is 0 Å². The molecule has 0 spiro atoms. The Balaban J connectivity index is 1.96. The number of carbonyl (C=O) groups is 2. The van der Waals surface area contributed by atoms with Crippen molar-refractivity contribution in [3.8, 4) is 0 Å². The van der Waals surface area contributed by atoms with Gasteiger partial charge in [-0.25, -0.2) is 0 Å². The van der Waals surface area contributed by atoms with Gasteiger partial charge in [-0.15, -0.1) is 0 Å². The number of allylic oxidation sites excluding steroid dienone is 2. The van der Waals surface area contributed by atoms with Crippen LogP contribution in [0.2, 0.25) is 0 Å². The van der Waals surface area contributed by atoms with Crippen LogP contribution >= 0.6 is 0 Å². The first-order valence-electron chi connectivity index (χ1n) is 5.40. The molecule has 0 saturated heterocycles. The van der Waals surface area contributed by atoms with Crippen LogP contribution in [0.5, 0.6) is 0 Å². The lowest BCUT2D eigenvalue weighted by Gasteiger charge is -2.35. The van der Waals surface area contributed by atoms with E-state index in [0.29, 0.717) is 0 Å². The van der Waals surface area contributed by atoms with Gasteiger partial charge in [0.25, 0.3) is 0 Å². The predicted molar refractivity (Wildman–Crippen MR) is 56.0 cm³/mol. The summed E-state index contributed by atoms with van der Waals surface area (Å²) in [5.74, 6) is 1.63. The van der Waals surface area contributed by atoms with E-state index >= 15 is 0 Å². The van der Waals surface area contributed by atoms with Crippen molar-refractivity contribution in [3.05, 3.63) is 12.2 Å². The predicted octanol–water partition coefficient (Wildman–Crippen LogP) is 2.53. The second kappa shape index (κ2) is 6.52. The van der Waals surface area contributed by atoms with Crippen LogP contribution in [0.3, 0.4) is 0 Å². The van der Waals surface area contributed by atoms with Gasteiger partial charge in [-0.1, -0.05) is 6.08 Å². The van der Waals surface area contributed by atoms with Crippen molar-refractivity contribution >= 4 is 12.6 Å². The Morgan fingerprint density at radius 3 is 2.21 bits per heavy atom. The lowest BCUT2D eigenvalue weighted by Crippen LogP contribution is -2.23. The highest BCUT2D eigenvalue weighted by Crippen LogP contribution is 2.39. The normalized spacial score (nSPS) is 26.0. The number of rotatable bonds is 7. The summed E-state index contributed by atoms with van der Waals surface area (Å²) in [4.78, 5) is 20.1. The molecule has 78 valence electrons. The topological polar surface area (TPSA) is 34.1 Å². The maximum absolute atomic E-state index is 10.1. The monoisotopic (exact) mass is 194 g/mol. The highest BCUT2D eigenvalue weighted by atomic mass is 16.1. The standard InChI is InChI=1S/C12H18O2/c13-7-3-1-2-5-11-9-12(10-11)6-4-8-14/h1,3,7-8,11-12H,2,4-6,9-10H2. The maximum atomic E-state index is 10.1. The molecule has 0 aromatic rings. The molecule has 0 amide bonds. The molecule has 1 aliphatic carbocycles. The third kappa shape index (κ3) is 3.86. The van der Waals surface area contributed by atoms with E-state index in [1.165, 1.54) is 19.3 Å². The van der Waals surface area contributed by atoms with Gasteiger partial charge in [-0.3, -0.25) is 4.79 Å². The molecule has 1 fully saturated rings. The summed E-state index contributed by atoms with van der Waals surface area (Å²) < 4.78 is 0. The second-order valence-electron chi connectivity index (χ2n) is 4.09. The Kier molecular flexibility index (Phi) is 5.20. The van der Waals surface area contributed by atoms with Crippen LogP contribution in [0, 0.1) is 11.8 Å². The van der Waals surface area contributed by atoms with E-state index in [2.05, 4.69) is 0 Å². The number of carbonyl (C=O) groups excluding carboxylic acids is 2.